The predicted octanol–water partition coefficient (Wildman–Crippen LogP) is 1.35. The van der Waals surface area contributed by atoms with Crippen LogP contribution in [0.4, 0.5) is 0 Å². The summed E-state index contributed by atoms with van der Waals surface area (Å²) < 4.78 is 0. The highest BCUT2D eigenvalue weighted by Crippen LogP contribution is 2.35. The molecule has 4 nitrogen and oxygen atoms in total. The molecule has 3 unspecified atom stereocenters. The van der Waals surface area contributed by atoms with Crippen molar-refractivity contribution in [1.82, 2.24) is 10.2 Å². The number of nitrogens with one attached hydrogen (secondary N) is 1. The summed E-state index contributed by atoms with van der Waals surface area (Å²) in [6, 6.07) is -0.158. The fourth-order valence-corrected chi connectivity index (χ4v) is 3.78. The average Bonchev–Trinajstić information content (AvgIpc) is 2.43. The third-order valence-corrected chi connectivity index (χ3v) is 4.90. The third-order valence-electron chi connectivity index (χ3n) is 4.90. The zero-order valence-electron chi connectivity index (χ0n) is 12.2. The summed E-state index contributed by atoms with van der Waals surface area (Å²) in [6.45, 7) is 6.27. The lowest BCUT2D eigenvalue weighted by Gasteiger charge is -2.41. The van der Waals surface area contributed by atoms with E-state index < -0.39 is 0 Å². The van der Waals surface area contributed by atoms with E-state index in [1.165, 1.54) is 45.2 Å². The number of nitrogens with zero attached hydrogens (tertiary/aromatic N) is 1. The summed E-state index contributed by atoms with van der Waals surface area (Å²) in [5.74, 6) is 1.67. The molecule has 19 heavy (non-hydrogen) atoms. The van der Waals surface area contributed by atoms with E-state index in [1.54, 1.807) is 0 Å². The van der Waals surface area contributed by atoms with Crippen molar-refractivity contribution < 1.29 is 4.79 Å². The number of carbonyl (C=O) groups is 1. The first-order valence-electron chi connectivity index (χ1n) is 7.95. The van der Waals surface area contributed by atoms with E-state index >= 15 is 0 Å². The Morgan fingerprint density at radius 3 is 2.74 bits per heavy atom. The third kappa shape index (κ3) is 4.18. The van der Waals surface area contributed by atoms with Gasteiger partial charge in [-0.15, -0.1) is 0 Å². The first-order valence-corrected chi connectivity index (χ1v) is 7.95. The Hall–Kier alpha value is -0.610. The second-order valence-electron chi connectivity index (χ2n) is 6.20. The molecule has 2 aliphatic rings. The maximum atomic E-state index is 11.3. The van der Waals surface area contributed by atoms with Crippen LogP contribution in [0, 0.1) is 11.8 Å². The zero-order chi connectivity index (χ0) is 13.7. The second kappa shape index (κ2) is 7.25. The number of piperidine rings is 1. The summed E-state index contributed by atoms with van der Waals surface area (Å²) >= 11 is 0. The Labute approximate surface area is 117 Å². The molecule has 3 N–H and O–H groups in total. The quantitative estimate of drug-likeness (QED) is 0.764. The molecule has 0 bridgehead atoms. The molecule has 1 saturated heterocycles. The van der Waals surface area contributed by atoms with Crippen LogP contribution >= 0.6 is 0 Å². The SMILES string of the molecule is CCNC(CCN1CCC2CCCCC2C1)C(N)=O. The van der Waals surface area contributed by atoms with E-state index in [0.29, 0.717) is 0 Å². The second-order valence-corrected chi connectivity index (χ2v) is 6.20. The summed E-state index contributed by atoms with van der Waals surface area (Å²) in [5.41, 5.74) is 5.42. The Kier molecular flexibility index (Phi) is 5.64. The highest BCUT2D eigenvalue weighted by atomic mass is 16.1. The number of primary amides is 1. The minimum absolute atomic E-state index is 0.158. The molecule has 2 rings (SSSR count). The van der Waals surface area contributed by atoms with Gasteiger partial charge < -0.3 is 16.0 Å². The number of fused-ring (bicyclic) bond motifs is 1. The molecule has 1 heterocycles. The summed E-state index contributed by atoms with van der Waals surface area (Å²) in [7, 11) is 0. The number of nitrogens with two attached hydrogens (primary N) is 1. The number of carbonyl (C=O) groups excluding carboxylic acids is 1. The van der Waals surface area contributed by atoms with Crippen molar-refractivity contribution in [1.29, 1.82) is 0 Å². The van der Waals surface area contributed by atoms with Crippen molar-refractivity contribution >= 4 is 5.91 Å². The number of amides is 1. The van der Waals surface area contributed by atoms with E-state index in [1.807, 2.05) is 6.92 Å². The highest BCUT2D eigenvalue weighted by molar-refractivity contribution is 5.79. The Morgan fingerprint density at radius 2 is 2.05 bits per heavy atom. The number of likely N-dealkylation sites (N-methyl/N-ethyl adjacent to an activating group) is 1. The number of rotatable bonds is 6. The number of hydrogen-bond acceptors (Lipinski definition) is 3. The van der Waals surface area contributed by atoms with Crippen LogP contribution in [-0.2, 0) is 4.79 Å². The molecule has 1 aliphatic heterocycles. The van der Waals surface area contributed by atoms with E-state index in [9.17, 15) is 4.79 Å². The van der Waals surface area contributed by atoms with Crippen LogP contribution in [0.25, 0.3) is 0 Å². The molecule has 1 aliphatic carbocycles. The van der Waals surface area contributed by atoms with Crippen LogP contribution in [0.5, 0.6) is 0 Å². The highest BCUT2D eigenvalue weighted by Gasteiger charge is 2.31. The number of hydrogen-bond donors (Lipinski definition) is 2. The molecule has 2 fully saturated rings. The predicted molar refractivity (Wildman–Crippen MR) is 77.8 cm³/mol. The molecule has 0 aromatic carbocycles. The molecule has 0 radical (unpaired) electrons. The smallest absolute Gasteiger partial charge is 0.234 e. The lowest BCUT2D eigenvalue weighted by atomic mass is 9.75. The zero-order valence-corrected chi connectivity index (χ0v) is 12.2. The van der Waals surface area contributed by atoms with Crippen molar-refractivity contribution in [3.05, 3.63) is 0 Å². The van der Waals surface area contributed by atoms with Gasteiger partial charge in [-0.25, -0.2) is 0 Å². The Morgan fingerprint density at radius 1 is 1.32 bits per heavy atom. The van der Waals surface area contributed by atoms with E-state index in [2.05, 4.69) is 10.2 Å². The van der Waals surface area contributed by atoms with Crippen LogP contribution in [0.2, 0.25) is 0 Å². The van der Waals surface area contributed by atoms with Crippen LogP contribution in [0.1, 0.15) is 45.4 Å². The molecule has 0 aromatic rings. The molecular weight excluding hydrogens is 238 g/mol. The minimum Gasteiger partial charge on any atom is -0.368 e. The summed E-state index contributed by atoms with van der Waals surface area (Å²) in [6.07, 6.45) is 7.91. The van der Waals surface area contributed by atoms with E-state index in [0.717, 1.165) is 31.3 Å². The van der Waals surface area contributed by atoms with E-state index in [4.69, 9.17) is 5.73 Å². The van der Waals surface area contributed by atoms with Crippen molar-refractivity contribution in [2.75, 3.05) is 26.2 Å². The molecule has 1 saturated carbocycles. The van der Waals surface area contributed by atoms with Crippen LogP contribution < -0.4 is 11.1 Å². The lowest BCUT2D eigenvalue weighted by Crippen LogP contribution is -2.46. The van der Waals surface area contributed by atoms with Gasteiger partial charge in [-0.1, -0.05) is 26.2 Å². The van der Waals surface area contributed by atoms with Gasteiger partial charge in [-0.3, -0.25) is 4.79 Å². The average molecular weight is 267 g/mol. The van der Waals surface area contributed by atoms with Gasteiger partial charge in [-0.2, -0.15) is 0 Å². The molecule has 3 atom stereocenters. The van der Waals surface area contributed by atoms with Gasteiger partial charge in [0, 0.05) is 13.1 Å². The Bertz CT molecular complexity index is 295. The van der Waals surface area contributed by atoms with Crippen molar-refractivity contribution in [3.8, 4) is 0 Å². The van der Waals surface area contributed by atoms with Crippen molar-refractivity contribution in [2.24, 2.45) is 17.6 Å². The van der Waals surface area contributed by atoms with Gasteiger partial charge in [0.2, 0.25) is 5.91 Å². The molecule has 4 heteroatoms. The Balaban J connectivity index is 1.75. The van der Waals surface area contributed by atoms with Gasteiger partial charge >= 0.3 is 0 Å². The lowest BCUT2D eigenvalue weighted by molar-refractivity contribution is -0.120. The normalized spacial score (nSPS) is 29.7. The van der Waals surface area contributed by atoms with Gasteiger partial charge in [0.1, 0.15) is 0 Å². The van der Waals surface area contributed by atoms with Crippen LogP contribution in [0.3, 0.4) is 0 Å². The molecular formula is C15H29N3O. The first kappa shape index (κ1) is 14.8. The maximum absolute atomic E-state index is 11.3. The fraction of sp³-hybridized carbons (Fsp3) is 0.933. The maximum Gasteiger partial charge on any atom is 0.234 e. The summed E-state index contributed by atoms with van der Waals surface area (Å²) in [4.78, 5) is 13.9. The van der Waals surface area contributed by atoms with Crippen LogP contribution in [-0.4, -0.2) is 43.0 Å². The largest absolute Gasteiger partial charge is 0.368 e. The van der Waals surface area contributed by atoms with Crippen molar-refractivity contribution in [2.45, 2.75) is 51.5 Å². The van der Waals surface area contributed by atoms with Gasteiger partial charge in [0.15, 0.2) is 0 Å². The minimum atomic E-state index is -0.214. The van der Waals surface area contributed by atoms with Crippen LogP contribution in [0.15, 0.2) is 0 Å². The fourth-order valence-electron chi connectivity index (χ4n) is 3.78. The van der Waals surface area contributed by atoms with Gasteiger partial charge in [0.25, 0.3) is 0 Å². The standard InChI is InChI=1S/C15H29N3O/c1-2-17-14(15(16)19)8-10-18-9-7-12-5-3-4-6-13(12)11-18/h12-14,17H,2-11H2,1H3,(H2,16,19). The van der Waals surface area contributed by atoms with Gasteiger partial charge in [0.05, 0.1) is 6.04 Å². The molecule has 0 spiro atoms. The monoisotopic (exact) mass is 267 g/mol. The molecule has 1 amide bonds. The number of likely N-dealkylation sites (tertiary alicyclic amines) is 1. The van der Waals surface area contributed by atoms with Crippen molar-refractivity contribution in [3.63, 3.8) is 0 Å². The van der Waals surface area contributed by atoms with E-state index in [-0.39, 0.29) is 11.9 Å². The van der Waals surface area contributed by atoms with Gasteiger partial charge in [-0.05, 0) is 44.2 Å². The molecule has 0 aromatic heterocycles. The summed E-state index contributed by atoms with van der Waals surface area (Å²) in [5, 5.41) is 3.18. The first-order chi connectivity index (χ1) is 9.20. The topological polar surface area (TPSA) is 58.4 Å². The molecule has 110 valence electrons.